The predicted molar refractivity (Wildman–Crippen MR) is 67.8 cm³/mol. The number of nitrogens with one attached hydrogen (secondary N) is 2. The molecule has 2 heterocycles. The maximum absolute atomic E-state index is 11.9. The van der Waals surface area contributed by atoms with Crippen molar-refractivity contribution < 1.29 is 4.79 Å². The number of amides is 1. The molecule has 1 aromatic rings. The number of nitrogens with two attached hydrogens (primary N) is 1. The molecule has 0 spiro atoms. The lowest BCUT2D eigenvalue weighted by molar-refractivity contribution is 0.0892. The highest BCUT2D eigenvalue weighted by atomic mass is 16.1. The van der Waals surface area contributed by atoms with Crippen LogP contribution in [0.2, 0.25) is 0 Å². The molecule has 94 valence electrons. The molecule has 2 rings (SSSR count). The fourth-order valence-corrected chi connectivity index (χ4v) is 2.23. The Kier molecular flexibility index (Phi) is 3.38. The van der Waals surface area contributed by atoms with E-state index in [2.05, 4.69) is 29.2 Å². The van der Waals surface area contributed by atoms with Crippen LogP contribution in [-0.4, -0.2) is 41.5 Å². The molecule has 17 heavy (non-hydrogen) atoms. The van der Waals surface area contributed by atoms with E-state index < -0.39 is 0 Å². The number of carbonyl (C=O) groups is 1. The summed E-state index contributed by atoms with van der Waals surface area (Å²) in [7, 11) is 2.12. The molecule has 1 fully saturated rings. The monoisotopic (exact) mass is 236 g/mol. The summed E-state index contributed by atoms with van der Waals surface area (Å²) in [6.07, 6.45) is 3.63. The SMILES string of the molecule is CC1CC(NC(=O)c2cc(N)c[nH]2)CCN1C. The quantitative estimate of drug-likeness (QED) is 0.711. The minimum Gasteiger partial charge on any atom is -0.397 e. The third-order valence-electron chi connectivity index (χ3n) is 3.49. The Morgan fingerprint density at radius 2 is 2.41 bits per heavy atom. The van der Waals surface area contributed by atoms with E-state index in [-0.39, 0.29) is 11.9 Å². The third kappa shape index (κ3) is 2.79. The number of anilines is 1. The minimum absolute atomic E-state index is 0.0662. The van der Waals surface area contributed by atoms with Gasteiger partial charge in [0.15, 0.2) is 0 Å². The first-order chi connectivity index (χ1) is 8.06. The second-order valence-corrected chi connectivity index (χ2v) is 4.87. The Morgan fingerprint density at radius 3 is 3.00 bits per heavy atom. The zero-order valence-electron chi connectivity index (χ0n) is 10.4. The summed E-state index contributed by atoms with van der Waals surface area (Å²) in [5, 5.41) is 3.05. The Labute approximate surface area is 101 Å². The van der Waals surface area contributed by atoms with Crippen molar-refractivity contribution in [3.05, 3.63) is 18.0 Å². The van der Waals surface area contributed by atoms with Gasteiger partial charge in [-0.2, -0.15) is 0 Å². The van der Waals surface area contributed by atoms with Crippen LogP contribution < -0.4 is 11.1 Å². The van der Waals surface area contributed by atoms with Gasteiger partial charge in [-0.25, -0.2) is 0 Å². The van der Waals surface area contributed by atoms with Crippen molar-refractivity contribution in [1.82, 2.24) is 15.2 Å². The van der Waals surface area contributed by atoms with Crippen molar-refractivity contribution in [3.63, 3.8) is 0 Å². The average Bonchev–Trinajstić information content (AvgIpc) is 2.70. The number of nitrogens with zero attached hydrogens (tertiary/aromatic N) is 1. The number of H-pyrrole nitrogens is 1. The molecule has 0 aromatic carbocycles. The zero-order valence-corrected chi connectivity index (χ0v) is 10.4. The number of likely N-dealkylation sites (tertiary alicyclic amines) is 1. The van der Waals surface area contributed by atoms with E-state index in [1.807, 2.05) is 0 Å². The molecule has 0 aliphatic carbocycles. The zero-order chi connectivity index (χ0) is 12.4. The van der Waals surface area contributed by atoms with Crippen LogP contribution in [0.3, 0.4) is 0 Å². The van der Waals surface area contributed by atoms with Crippen molar-refractivity contribution in [3.8, 4) is 0 Å². The van der Waals surface area contributed by atoms with Crippen LogP contribution in [0.1, 0.15) is 30.3 Å². The number of hydrogen-bond donors (Lipinski definition) is 3. The van der Waals surface area contributed by atoms with Crippen LogP contribution in [0.15, 0.2) is 12.3 Å². The lowest BCUT2D eigenvalue weighted by Gasteiger charge is -2.35. The Hall–Kier alpha value is -1.49. The number of aromatic amines is 1. The van der Waals surface area contributed by atoms with E-state index in [1.54, 1.807) is 12.3 Å². The second kappa shape index (κ2) is 4.79. The van der Waals surface area contributed by atoms with Gasteiger partial charge in [-0.1, -0.05) is 0 Å². The van der Waals surface area contributed by atoms with Crippen LogP contribution in [-0.2, 0) is 0 Å². The molecule has 5 nitrogen and oxygen atoms in total. The van der Waals surface area contributed by atoms with E-state index >= 15 is 0 Å². The minimum atomic E-state index is -0.0662. The van der Waals surface area contributed by atoms with E-state index in [9.17, 15) is 4.79 Å². The molecule has 1 saturated heterocycles. The average molecular weight is 236 g/mol. The number of nitrogen functional groups attached to an aromatic ring is 1. The van der Waals surface area contributed by atoms with Crippen LogP contribution in [0, 0.1) is 0 Å². The maximum atomic E-state index is 11.9. The Balaban J connectivity index is 1.91. The third-order valence-corrected chi connectivity index (χ3v) is 3.49. The van der Waals surface area contributed by atoms with Gasteiger partial charge in [0.25, 0.3) is 5.91 Å². The van der Waals surface area contributed by atoms with Gasteiger partial charge in [0.2, 0.25) is 0 Å². The Morgan fingerprint density at radius 1 is 1.65 bits per heavy atom. The highest BCUT2D eigenvalue weighted by molar-refractivity contribution is 5.93. The lowest BCUT2D eigenvalue weighted by atomic mass is 9.99. The lowest BCUT2D eigenvalue weighted by Crippen LogP contribution is -2.47. The number of hydrogen-bond acceptors (Lipinski definition) is 3. The fourth-order valence-electron chi connectivity index (χ4n) is 2.23. The number of aromatic nitrogens is 1. The molecular weight excluding hydrogens is 216 g/mol. The van der Waals surface area contributed by atoms with Gasteiger partial charge in [-0.15, -0.1) is 0 Å². The molecule has 1 amide bonds. The summed E-state index contributed by atoms with van der Waals surface area (Å²) in [5.41, 5.74) is 6.70. The number of carbonyl (C=O) groups excluding carboxylic acids is 1. The standard InChI is InChI=1S/C12H20N4O/c1-8-5-10(3-4-16(8)2)15-12(17)11-6-9(13)7-14-11/h6-8,10,14H,3-5,13H2,1-2H3,(H,15,17). The summed E-state index contributed by atoms with van der Waals surface area (Å²) in [4.78, 5) is 17.1. The first kappa shape index (κ1) is 12.0. The van der Waals surface area contributed by atoms with Crippen molar-refractivity contribution in [1.29, 1.82) is 0 Å². The topological polar surface area (TPSA) is 74.1 Å². The molecule has 1 aliphatic rings. The van der Waals surface area contributed by atoms with E-state index in [4.69, 9.17) is 5.73 Å². The summed E-state index contributed by atoms with van der Waals surface area (Å²) in [6, 6.07) is 2.44. The number of piperidine rings is 1. The van der Waals surface area contributed by atoms with Crippen LogP contribution in [0.25, 0.3) is 0 Å². The normalized spacial score (nSPS) is 25.8. The first-order valence-corrected chi connectivity index (χ1v) is 6.01. The predicted octanol–water partition coefficient (Wildman–Crippen LogP) is 0.809. The molecule has 5 heteroatoms. The van der Waals surface area contributed by atoms with Gasteiger partial charge in [0, 0.05) is 30.5 Å². The van der Waals surface area contributed by atoms with Gasteiger partial charge in [0.05, 0.1) is 0 Å². The summed E-state index contributed by atoms with van der Waals surface area (Å²) in [6.45, 7) is 3.21. The molecule has 0 radical (unpaired) electrons. The molecule has 2 atom stereocenters. The number of rotatable bonds is 2. The Bertz CT molecular complexity index is 401. The van der Waals surface area contributed by atoms with Crippen molar-refractivity contribution in [2.75, 3.05) is 19.3 Å². The molecule has 4 N–H and O–H groups in total. The smallest absolute Gasteiger partial charge is 0.267 e. The fraction of sp³-hybridized carbons (Fsp3) is 0.583. The molecule has 1 aromatic heterocycles. The van der Waals surface area contributed by atoms with Crippen LogP contribution in [0.4, 0.5) is 5.69 Å². The summed E-state index contributed by atoms with van der Waals surface area (Å²) in [5.74, 6) is -0.0662. The molecule has 1 aliphatic heterocycles. The molecule has 0 saturated carbocycles. The van der Waals surface area contributed by atoms with Crippen molar-refractivity contribution >= 4 is 11.6 Å². The molecular formula is C12H20N4O. The van der Waals surface area contributed by atoms with E-state index in [1.165, 1.54) is 0 Å². The first-order valence-electron chi connectivity index (χ1n) is 6.01. The molecule has 2 unspecified atom stereocenters. The second-order valence-electron chi connectivity index (χ2n) is 4.87. The van der Waals surface area contributed by atoms with Crippen molar-refractivity contribution in [2.45, 2.75) is 31.8 Å². The van der Waals surface area contributed by atoms with Gasteiger partial charge in [-0.05, 0) is 32.9 Å². The van der Waals surface area contributed by atoms with Gasteiger partial charge in [0.1, 0.15) is 5.69 Å². The van der Waals surface area contributed by atoms with E-state index in [0.717, 1.165) is 19.4 Å². The van der Waals surface area contributed by atoms with Crippen LogP contribution in [0.5, 0.6) is 0 Å². The summed E-state index contributed by atoms with van der Waals surface area (Å²) >= 11 is 0. The largest absolute Gasteiger partial charge is 0.397 e. The molecule has 0 bridgehead atoms. The van der Waals surface area contributed by atoms with Crippen LogP contribution >= 0.6 is 0 Å². The highest BCUT2D eigenvalue weighted by Crippen LogP contribution is 2.16. The van der Waals surface area contributed by atoms with Gasteiger partial charge < -0.3 is 20.9 Å². The van der Waals surface area contributed by atoms with Gasteiger partial charge >= 0.3 is 0 Å². The van der Waals surface area contributed by atoms with Gasteiger partial charge in [-0.3, -0.25) is 4.79 Å². The van der Waals surface area contributed by atoms with E-state index in [0.29, 0.717) is 17.4 Å². The summed E-state index contributed by atoms with van der Waals surface area (Å²) < 4.78 is 0. The maximum Gasteiger partial charge on any atom is 0.267 e. The van der Waals surface area contributed by atoms with Crippen molar-refractivity contribution in [2.24, 2.45) is 0 Å². The highest BCUT2D eigenvalue weighted by Gasteiger charge is 2.24.